The van der Waals surface area contributed by atoms with Crippen LogP contribution in [0.2, 0.25) is 0 Å². The predicted molar refractivity (Wildman–Crippen MR) is 92.8 cm³/mol. The van der Waals surface area contributed by atoms with Crippen molar-refractivity contribution >= 4 is 65.0 Å². The number of fused-ring (bicyclic) bond motifs is 1. The highest BCUT2D eigenvalue weighted by atomic mass is 79.9. The Labute approximate surface area is 146 Å². The Morgan fingerprint density at radius 1 is 1.30 bits per heavy atom. The topological polar surface area (TPSA) is 29.1 Å². The summed E-state index contributed by atoms with van der Waals surface area (Å²) in [5.74, 6) is -0.0347. The molecule has 3 rings (SSSR count). The van der Waals surface area contributed by atoms with E-state index in [0.717, 1.165) is 14.7 Å². The fraction of sp³-hybridized carbons (Fsp3) is 0.214. The highest BCUT2D eigenvalue weighted by Gasteiger charge is 2.32. The van der Waals surface area contributed by atoms with Crippen LogP contribution in [0, 0.1) is 0 Å². The molecule has 1 aromatic heterocycles. The van der Waals surface area contributed by atoms with Gasteiger partial charge in [-0.15, -0.1) is 11.3 Å². The van der Waals surface area contributed by atoms with Crippen molar-refractivity contribution in [2.75, 3.05) is 0 Å². The van der Waals surface area contributed by atoms with Crippen LogP contribution in [-0.2, 0) is 6.42 Å². The molecule has 0 saturated heterocycles. The van der Waals surface area contributed by atoms with Gasteiger partial charge >= 0.3 is 0 Å². The van der Waals surface area contributed by atoms with Gasteiger partial charge in [0.25, 0.3) is 5.91 Å². The van der Waals surface area contributed by atoms with Gasteiger partial charge in [0.1, 0.15) is 0 Å². The van der Waals surface area contributed by atoms with Crippen molar-refractivity contribution < 1.29 is 4.79 Å². The fourth-order valence-electron chi connectivity index (χ4n) is 2.39. The van der Waals surface area contributed by atoms with E-state index in [0.29, 0.717) is 4.88 Å². The molecule has 2 atom stereocenters. The van der Waals surface area contributed by atoms with Gasteiger partial charge in [0.05, 0.1) is 14.7 Å². The van der Waals surface area contributed by atoms with Gasteiger partial charge in [-0.25, -0.2) is 0 Å². The maximum absolute atomic E-state index is 12.4. The number of amides is 1. The summed E-state index contributed by atoms with van der Waals surface area (Å²) in [4.78, 5) is 13.3. The highest BCUT2D eigenvalue weighted by molar-refractivity contribution is 9.13. The first-order valence-electron chi connectivity index (χ1n) is 6.04. The van der Waals surface area contributed by atoms with E-state index < -0.39 is 0 Å². The molecule has 0 saturated carbocycles. The third-order valence-corrected chi connectivity index (χ3v) is 7.43. The zero-order valence-corrected chi connectivity index (χ0v) is 15.8. The van der Waals surface area contributed by atoms with Gasteiger partial charge in [-0.2, -0.15) is 0 Å². The van der Waals surface area contributed by atoms with E-state index >= 15 is 0 Å². The van der Waals surface area contributed by atoms with Crippen LogP contribution in [0.3, 0.4) is 0 Å². The summed E-state index contributed by atoms with van der Waals surface area (Å²) in [5.41, 5.74) is 2.51. The van der Waals surface area contributed by atoms with Gasteiger partial charge in [0, 0.05) is 9.30 Å². The second kappa shape index (κ2) is 5.91. The Morgan fingerprint density at radius 2 is 2.05 bits per heavy atom. The zero-order chi connectivity index (χ0) is 14.3. The molecule has 0 spiro atoms. The van der Waals surface area contributed by atoms with Gasteiger partial charge in [-0.05, 0) is 55.5 Å². The molecule has 0 fully saturated rings. The highest BCUT2D eigenvalue weighted by Crippen LogP contribution is 2.37. The van der Waals surface area contributed by atoms with Crippen LogP contribution in [0.15, 0.2) is 38.6 Å². The molecule has 1 aliphatic carbocycles. The van der Waals surface area contributed by atoms with Crippen LogP contribution in [0.1, 0.15) is 26.8 Å². The molecule has 6 heteroatoms. The number of benzene rings is 1. The van der Waals surface area contributed by atoms with Crippen molar-refractivity contribution in [3.8, 4) is 0 Å². The van der Waals surface area contributed by atoms with Gasteiger partial charge < -0.3 is 5.32 Å². The van der Waals surface area contributed by atoms with E-state index in [1.807, 2.05) is 18.2 Å². The van der Waals surface area contributed by atoms with Crippen molar-refractivity contribution in [3.63, 3.8) is 0 Å². The lowest BCUT2D eigenvalue weighted by Crippen LogP contribution is -2.31. The SMILES string of the molecule is O=C(NC1c2ccccc2CC1Br)c1cc(Br)c(Br)s1. The molecule has 2 unspecified atom stereocenters. The van der Waals surface area contributed by atoms with Crippen LogP contribution in [-0.4, -0.2) is 10.7 Å². The Morgan fingerprint density at radius 3 is 2.75 bits per heavy atom. The summed E-state index contributed by atoms with van der Waals surface area (Å²) in [6, 6.07) is 10.1. The standard InChI is InChI=1S/C14H10Br3NOS/c15-9-5-7-3-1-2-4-8(7)12(9)18-14(19)11-6-10(16)13(17)20-11/h1-4,6,9,12H,5H2,(H,18,19). The Hall–Kier alpha value is -0.170. The molecular formula is C14H10Br3NOS. The van der Waals surface area contributed by atoms with Crippen LogP contribution in [0.25, 0.3) is 0 Å². The van der Waals surface area contributed by atoms with Gasteiger partial charge in [-0.1, -0.05) is 40.2 Å². The Bertz CT molecular complexity index is 651. The van der Waals surface area contributed by atoms with Gasteiger partial charge in [-0.3, -0.25) is 4.79 Å². The Kier molecular flexibility index (Phi) is 4.36. The van der Waals surface area contributed by atoms with E-state index in [4.69, 9.17) is 0 Å². The monoisotopic (exact) mass is 477 g/mol. The normalized spacial score (nSPS) is 20.8. The average Bonchev–Trinajstić information content (AvgIpc) is 2.91. The number of thiophene rings is 1. The first kappa shape index (κ1) is 14.8. The lowest BCUT2D eigenvalue weighted by molar-refractivity contribution is 0.0942. The first-order chi connectivity index (χ1) is 9.56. The third-order valence-electron chi connectivity index (χ3n) is 3.32. The molecular weight excluding hydrogens is 470 g/mol. The van der Waals surface area contributed by atoms with E-state index in [1.165, 1.54) is 22.5 Å². The molecule has 0 bridgehead atoms. The third kappa shape index (κ3) is 2.75. The molecule has 1 aliphatic rings. The summed E-state index contributed by atoms with van der Waals surface area (Å²) >= 11 is 11.9. The molecule has 0 radical (unpaired) electrons. The van der Waals surface area contributed by atoms with E-state index in [2.05, 4.69) is 65.2 Å². The number of nitrogens with one attached hydrogen (secondary N) is 1. The van der Waals surface area contributed by atoms with Crippen LogP contribution >= 0.6 is 59.1 Å². The maximum atomic E-state index is 12.4. The molecule has 2 aromatic rings. The molecule has 1 N–H and O–H groups in total. The lowest BCUT2D eigenvalue weighted by atomic mass is 10.1. The van der Waals surface area contributed by atoms with E-state index in [-0.39, 0.29) is 16.8 Å². The molecule has 2 nitrogen and oxygen atoms in total. The maximum Gasteiger partial charge on any atom is 0.261 e. The summed E-state index contributed by atoms with van der Waals surface area (Å²) < 4.78 is 1.85. The minimum Gasteiger partial charge on any atom is -0.343 e. The number of hydrogen-bond donors (Lipinski definition) is 1. The largest absolute Gasteiger partial charge is 0.343 e. The number of alkyl halides is 1. The van der Waals surface area contributed by atoms with E-state index in [9.17, 15) is 4.79 Å². The Balaban J connectivity index is 1.83. The van der Waals surface area contributed by atoms with E-state index in [1.54, 1.807) is 0 Å². The summed E-state index contributed by atoms with van der Waals surface area (Å²) in [7, 11) is 0. The van der Waals surface area contributed by atoms with Crippen molar-refractivity contribution in [1.29, 1.82) is 0 Å². The van der Waals surface area contributed by atoms with Crippen LogP contribution in [0.4, 0.5) is 0 Å². The lowest BCUT2D eigenvalue weighted by Gasteiger charge is -2.17. The molecule has 104 valence electrons. The number of carbonyl (C=O) groups is 1. The quantitative estimate of drug-likeness (QED) is 0.599. The van der Waals surface area contributed by atoms with Gasteiger partial charge in [0.15, 0.2) is 0 Å². The number of carbonyl (C=O) groups excluding carboxylic acids is 1. The average molecular weight is 480 g/mol. The van der Waals surface area contributed by atoms with Crippen LogP contribution in [0.5, 0.6) is 0 Å². The summed E-state index contributed by atoms with van der Waals surface area (Å²) in [5, 5.41) is 3.12. The van der Waals surface area contributed by atoms with Crippen LogP contribution < -0.4 is 5.32 Å². The predicted octanol–water partition coefficient (Wildman–Crippen LogP) is 5.06. The second-order valence-corrected chi connectivity index (χ2v) is 9.00. The molecule has 20 heavy (non-hydrogen) atoms. The summed E-state index contributed by atoms with van der Waals surface area (Å²) in [6.07, 6.45) is 0.943. The van der Waals surface area contributed by atoms with Crippen molar-refractivity contribution in [1.82, 2.24) is 5.32 Å². The van der Waals surface area contributed by atoms with Crippen molar-refractivity contribution in [3.05, 3.63) is 54.6 Å². The molecule has 1 heterocycles. The minimum atomic E-state index is -0.0347. The molecule has 0 aliphatic heterocycles. The van der Waals surface area contributed by atoms with Gasteiger partial charge in [0.2, 0.25) is 0 Å². The van der Waals surface area contributed by atoms with Crippen molar-refractivity contribution in [2.45, 2.75) is 17.3 Å². The summed E-state index contributed by atoms with van der Waals surface area (Å²) in [6.45, 7) is 0. The minimum absolute atomic E-state index is 0.0263. The molecule has 1 amide bonds. The molecule has 1 aromatic carbocycles. The number of rotatable bonds is 2. The number of halogens is 3. The fourth-order valence-corrected chi connectivity index (χ4v) is 5.09. The first-order valence-corrected chi connectivity index (χ1v) is 9.35. The van der Waals surface area contributed by atoms with Crippen molar-refractivity contribution in [2.24, 2.45) is 0 Å². The number of hydrogen-bond acceptors (Lipinski definition) is 2. The zero-order valence-electron chi connectivity index (χ0n) is 10.2. The smallest absolute Gasteiger partial charge is 0.261 e. The second-order valence-electron chi connectivity index (χ2n) is 4.60.